The summed E-state index contributed by atoms with van der Waals surface area (Å²) in [6.45, 7) is 4.72. The number of amides is 1. The van der Waals surface area contributed by atoms with Crippen LogP contribution in [-0.2, 0) is 20.9 Å². The lowest BCUT2D eigenvalue weighted by Crippen LogP contribution is -2.42. The fourth-order valence-corrected chi connectivity index (χ4v) is 5.51. The van der Waals surface area contributed by atoms with Crippen LogP contribution in [0.15, 0.2) is 42.5 Å². The molecule has 2 aromatic carbocycles. The second-order valence-electron chi connectivity index (χ2n) is 9.89. The first-order valence-electron chi connectivity index (χ1n) is 13.1. The van der Waals surface area contributed by atoms with Crippen molar-refractivity contribution in [1.82, 2.24) is 5.32 Å². The predicted molar refractivity (Wildman–Crippen MR) is 148 cm³/mol. The van der Waals surface area contributed by atoms with Gasteiger partial charge in [0.25, 0.3) is 5.91 Å². The topological polar surface area (TPSA) is 64.6 Å². The number of hydrogen-bond acceptors (Lipinski definition) is 5. The number of hydrogen-bond donors (Lipinski definition) is 1. The molecular formula is C30H41NO4S. The van der Waals surface area contributed by atoms with Gasteiger partial charge in [0, 0.05) is 5.56 Å². The second-order valence-corrected chi connectivity index (χ2v) is 10.9. The first kappa shape index (κ1) is 28.3. The SMILES string of the molecule is COC(=O)C(CCSC)NC(=O)c1ccc(CO[C@H](C)CC2CCCCC2)cc1-c1ccccc1C. The first-order chi connectivity index (χ1) is 17.4. The van der Waals surface area contributed by atoms with Gasteiger partial charge in [-0.1, -0.05) is 62.4 Å². The van der Waals surface area contributed by atoms with Gasteiger partial charge in [-0.25, -0.2) is 4.79 Å². The molecule has 36 heavy (non-hydrogen) atoms. The Morgan fingerprint density at radius 2 is 1.83 bits per heavy atom. The third-order valence-corrected chi connectivity index (χ3v) is 7.73. The van der Waals surface area contributed by atoms with Crippen molar-refractivity contribution in [2.24, 2.45) is 5.92 Å². The lowest BCUT2D eigenvalue weighted by molar-refractivity contribution is -0.142. The van der Waals surface area contributed by atoms with E-state index in [9.17, 15) is 9.59 Å². The number of benzene rings is 2. The summed E-state index contributed by atoms with van der Waals surface area (Å²) in [4.78, 5) is 25.7. The van der Waals surface area contributed by atoms with Crippen molar-refractivity contribution in [3.8, 4) is 11.1 Å². The fraction of sp³-hybridized carbons (Fsp3) is 0.533. The smallest absolute Gasteiger partial charge is 0.328 e. The highest BCUT2D eigenvalue weighted by Crippen LogP contribution is 2.30. The van der Waals surface area contributed by atoms with E-state index >= 15 is 0 Å². The van der Waals surface area contributed by atoms with Gasteiger partial charge < -0.3 is 14.8 Å². The highest BCUT2D eigenvalue weighted by atomic mass is 32.2. The molecule has 2 aromatic rings. The summed E-state index contributed by atoms with van der Waals surface area (Å²) in [7, 11) is 1.35. The van der Waals surface area contributed by atoms with E-state index in [1.807, 2.05) is 49.6 Å². The van der Waals surface area contributed by atoms with Crippen molar-refractivity contribution in [2.75, 3.05) is 19.1 Å². The maximum absolute atomic E-state index is 13.4. The van der Waals surface area contributed by atoms with Crippen LogP contribution in [0.1, 0.15) is 73.4 Å². The Labute approximate surface area is 220 Å². The van der Waals surface area contributed by atoms with Crippen LogP contribution >= 0.6 is 11.8 Å². The van der Waals surface area contributed by atoms with Crippen LogP contribution in [0.3, 0.4) is 0 Å². The maximum Gasteiger partial charge on any atom is 0.328 e. The summed E-state index contributed by atoms with van der Waals surface area (Å²) in [5, 5.41) is 2.91. The van der Waals surface area contributed by atoms with E-state index in [-0.39, 0.29) is 12.0 Å². The van der Waals surface area contributed by atoms with Gasteiger partial charge >= 0.3 is 5.97 Å². The van der Waals surface area contributed by atoms with Crippen LogP contribution in [0.4, 0.5) is 0 Å². The summed E-state index contributed by atoms with van der Waals surface area (Å²) in [5.74, 6) is 0.825. The molecule has 2 atom stereocenters. The summed E-state index contributed by atoms with van der Waals surface area (Å²) < 4.78 is 11.2. The van der Waals surface area contributed by atoms with Crippen LogP contribution < -0.4 is 5.32 Å². The Hall–Kier alpha value is -2.31. The van der Waals surface area contributed by atoms with Crippen molar-refractivity contribution in [1.29, 1.82) is 0 Å². The molecule has 1 saturated carbocycles. The van der Waals surface area contributed by atoms with Gasteiger partial charge in [-0.2, -0.15) is 11.8 Å². The summed E-state index contributed by atoms with van der Waals surface area (Å²) >= 11 is 1.63. The Morgan fingerprint density at radius 1 is 1.08 bits per heavy atom. The molecule has 0 aliphatic heterocycles. The second kappa shape index (κ2) is 14.4. The van der Waals surface area contributed by atoms with Crippen molar-refractivity contribution in [2.45, 2.75) is 77.5 Å². The minimum Gasteiger partial charge on any atom is -0.467 e. The number of carbonyl (C=O) groups is 2. The lowest BCUT2D eigenvalue weighted by Gasteiger charge is -2.25. The Bertz CT molecular complexity index is 1000. The number of esters is 1. The van der Waals surface area contributed by atoms with E-state index in [0.717, 1.165) is 40.3 Å². The molecule has 0 heterocycles. The molecule has 5 nitrogen and oxygen atoms in total. The molecule has 0 saturated heterocycles. The van der Waals surface area contributed by atoms with E-state index in [4.69, 9.17) is 9.47 Å². The van der Waals surface area contributed by atoms with Crippen molar-refractivity contribution >= 4 is 23.6 Å². The van der Waals surface area contributed by atoms with Crippen LogP contribution in [0, 0.1) is 12.8 Å². The predicted octanol–water partition coefficient (Wildman–Crippen LogP) is 6.56. The molecule has 1 amide bonds. The van der Waals surface area contributed by atoms with Gasteiger partial charge in [-0.3, -0.25) is 4.79 Å². The number of nitrogens with one attached hydrogen (secondary N) is 1. The lowest BCUT2D eigenvalue weighted by atomic mass is 9.85. The fourth-order valence-electron chi connectivity index (χ4n) is 5.04. The zero-order valence-electron chi connectivity index (χ0n) is 22.2. The van der Waals surface area contributed by atoms with E-state index in [1.165, 1.54) is 39.2 Å². The Kier molecular flexibility index (Phi) is 11.3. The molecule has 1 fully saturated rings. The number of ether oxygens (including phenoxy) is 2. The van der Waals surface area contributed by atoms with Crippen LogP contribution in [0.5, 0.6) is 0 Å². The molecule has 3 rings (SSSR count). The van der Waals surface area contributed by atoms with Crippen LogP contribution in [-0.4, -0.2) is 43.1 Å². The molecule has 6 heteroatoms. The number of aryl methyl sites for hydroxylation is 1. The quantitative estimate of drug-likeness (QED) is 0.327. The third kappa shape index (κ3) is 8.10. The van der Waals surface area contributed by atoms with Crippen molar-refractivity contribution in [3.63, 3.8) is 0 Å². The molecule has 1 N–H and O–H groups in total. The van der Waals surface area contributed by atoms with Gasteiger partial charge in [-0.15, -0.1) is 0 Å². The Morgan fingerprint density at radius 3 is 2.53 bits per heavy atom. The largest absolute Gasteiger partial charge is 0.467 e. The first-order valence-corrected chi connectivity index (χ1v) is 14.5. The number of carbonyl (C=O) groups excluding carboxylic acids is 2. The average Bonchev–Trinajstić information content (AvgIpc) is 2.90. The minimum absolute atomic E-state index is 0.204. The van der Waals surface area contributed by atoms with E-state index in [1.54, 1.807) is 11.8 Å². The molecule has 0 bridgehead atoms. The van der Waals surface area contributed by atoms with Gasteiger partial charge in [0.1, 0.15) is 6.04 Å². The number of thioether (sulfide) groups is 1. The average molecular weight is 512 g/mol. The van der Waals surface area contributed by atoms with Crippen molar-refractivity contribution in [3.05, 3.63) is 59.2 Å². The number of rotatable bonds is 12. The molecule has 0 spiro atoms. The molecule has 0 radical (unpaired) electrons. The maximum atomic E-state index is 13.4. The van der Waals surface area contributed by atoms with Gasteiger partial charge in [0.05, 0.1) is 19.8 Å². The summed E-state index contributed by atoms with van der Waals surface area (Å²) in [5.41, 5.74) is 4.51. The van der Waals surface area contributed by atoms with E-state index in [2.05, 4.69) is 18.3 Å². The highest BCUT2D eigenvalue weighted by Gasteiger charge is 2.24. The highest BCUT2D eigenvalue weighted by molar-refractivity contribution is 7.98. The molecule has 196 valence electrons. The van der Waals surface area contributed by atoms with Gasteiger partial charge in [0.15, 0.2) is 0 Å². The third-order valence-electron chi connectivity index (χ3n) is 7.09. The summed E-state index contributed by atoms with van der Waals surface area (Å²) in [6, 6.07) is 13.2. The molecular weight excluding hydrogens is 470 g/mol. The monoisotopic (exact) mass is 511 g/mol. The molecule has 1 unspecified atom stereocenters. The Balaban J connectivity index is 1.79. The zero-order valence-corrected chi connectivity index (χ0v) is 23.0. The molecule has 1 aliphatic rings. The minimum atomic E-state index is -0.677. The number of methoxy groups -OCH3 is 1. The van der Waals surface area contributed by atoms with Gasteiger partial charge in [-0.05, 0) is 79.0 Å². The molecule has 0 aromatic heterocycles. The van der Waals surface area contributed by atoms with Crippen LogP contribution in [0.25, 0.3) is 11.1 Å². The van der Waals surface area contributed by atoms with Crippen LogP contribution in [0.2, 0.25) is 0 Å². The van der Waals surface area contributed by atoms with Gasteiger partial charge in [0.2, 0.25) is 0 Å². The van der Waals surface area contributed by atoms with E-state index < -0.39 is 12.0 Å². The normalized spacial score (nSPS) is 15.8. The summed E-state index contributed by atoms with van der Waals surface area (Å²) in [6.07, 6.45) is 10.5. The zero-order chi connectivity index (χ0) is 25.9. The standard InChI is InChI=1S/C30H41NO4S/c1-21-10-8-9-13-25(21)27-19-24(20-35-22(2)18-23-11-6-5-7-12-23)14-15-26(27)29(32)31-28(16-17-36-4)30(33)34-3/h8-10,13-15,19,22-23,28H,5-7,11-12,16-18,20H2,1-4H3,(H,31,32)/t22-,28?/m1/s1. The van der Waals surface area contributed by atoms with Crippen molar-refractivity contribution < 1.29 is 19.1 Å². The molecule has 1 aliphatic carbocycles. The van der Waals surface area contributed by atoms with E-state index in [0.29, 0.717) is 18.6 Å².